The Labute approximate surface area is 166 Å². The highest BCUT2D eigenvalue weighted by atomic mass is 19.1. The van der Waals surface area contributed by atoms with Crippen molar-refractivity contribution in [1.82, 2.24) is 19.7 Å². The van der Waals surface area contributed by atoms with Gasteiger partial charge in [0, 0.05) is 68.8 Å². The van der Waals surface area contributed by atoms with Crippen LogP contribution in [0.15, 0.2) is 41.5 Å². The molecule has 0 N–H and O–H groups in total. The zero-order valence-corrected chi connectivity index (χ0v) is 16.1. The number of piperazine rings is 1. The number of nitrogens with zero attached hydrogens (tertiary/aromatic N) is 5. The number of hydrogen-bond donors (Lipinski definition) is 0. The molecule has 3 heterocycles. The lowest BCUT2D eigenvalue weighted by molar-refractivity contribution is 0.0740. The smallest absolute Gasteiger partial charge is 0.275 e. The Hall–Kier alpha value is -3.49. The Morgan fingerprint density at radius 2 is 1.90 bits per heavy atom. The molecule has 9 heteroatoms. The average molecular weight is 397 g/mol. The topological polar surface area (TPSA) is 80.6 Å². The summed E-state index contributed by atoms with van der Waals surface area (Å²) in [7, 11) is 3.02. The molecule has 0 saturated carbocycles. The highest BCUT2D eigenvalue weighted by molar-refractivity contribution is 6.04. The molecule has 8 nitrogen and oxygen atoms in total. The van der Waals surface area contributed by atoms with Gasteiger partial charge < -0.3 is 14.5 Å². The number of halogens is 1. The van der Waals surface area contributed by atoms with Crippen molar-refractivity contribution in [2.75, 3.05) is 38.2 Å². The van der Waals surface area contributed by atoms with E-state index < -0.39 is 0 Å². The van der Waals surface area contributed by atoms with Crippen LogP contribution in [0.1, 0.15) is 10.5 Å². The van der Waals surface area contributed by atoms with Crippen molar-refractivity contribution in [3.8, 4) is 5.75 Å². The number of anilines is 1. The molecule has 0 unspecified atom stereocenters. The Morgan fingerprint density at radius 3 is 2.62 bits per heavy atom. The van der Waals surface area contributed by atoms with E-state index in [2.05, 4.69) is 10.1 Å². The van der Waals surface area contributed by atoms with Crippen LogP contribution in [0.2, 0.25) is 0 Å². The van der Waals surface area contributed by atoms with Crippen molar-refractivity contribution in [2.45, 2.75) is 0 Å². The standard InChI is InChI=1S/C20H20FN5O3/c1-24-19(27)16-3-4-22-12-17(16)18(23-24)20(28)26-7-5-25(6-8-26)14-9-13(21)10-15(11-14)29-2/h3-4,9-12H,5-8H2,1-2H3. The van der Waals surface area contributed by atoms with Gasteiger partial charge in [-0.2, -0.15) is 5.10 Å². The van der Waals surface area contributed by atoms with E-state index >= 15 is 0 Å². The third kappa shape index (κ3) is 3.51. The number of carbonyl (C=O) groups excluding carboxylic acids is 1. The van der Waals surface area contributed by atoms with E-state index in [9.17, 15) is 14.0 Å². The molecular formula is C20H20FN5O3. The molecule has 150 valence electrons. The third-order valence-electron chi connectivity index (χ3n) is 5.08. The highest BCUT2D eigenvalue weighted by Crippen LogP contribution is 2.25. The van der Waals surface area contributed by atoms with Crippen molar-refractivity contribution in [1.29, 1.82) is 0 Å². The van der Waals surface area contributed by atoms with Gasteiger partial charge >= 0.3 is 0 Å². The second kappa shape index (κ2) is 7.50. The fourth-order valence-electron chi connectivity index (χ4n) is 3.52. The number of aromatic nitrogens is 3. The lowest BCUT2D eigenvalue weighted by Gasteiger charge is -2.36. The Kier molecular flexibility index (Phi) is 4.87. The van der Waals surface area contributed by atoms with Gasteiger partial charge in [0.25, 0.3) is 11.5 Å². The molecule has 1 fully saturated rings. The quantitative estimate of drug-likeness (QED) is 0.665. The molecule has 1 amide bonds. The summed E-state index contributed by atoms with van der Waals surface area (Å²) in [5, 5.41) is 5.03. The number of methoxy groups -OCH3 is 1. The molecular weight excluding hydrogens is 377 g/mol. The molecule has 1 aliphatic rings. The summed E-state index contributed by atoms with van der Waals surface area (Å²) in [6.45, 7) is 1.98. The fraction of sp³-hybridized carbons (Fsp3) is 0.300. The van der Waals surface area contributed by atoms with E-state index in [0.717, 1.165) is 0 Å². The SMILES string of the molecule is COc1cc(F)cc(N2CCN(C(=O)c3nn(C)c(=O)c4ccncc34)CC2)c1. The number of amides is 1. The second-order valence-electron chi connectivity index (χ2n) is 6.83. The molecule has 1 saturated heterocycles. The van der Waals surface area contributed by atoms with E-state index in [0.29, 0.717) is 48.4 Å². The number of ether oxygens (including phenoxy) is 1. The van der Waals surface area contributed by atoms with Crippen LogP contribution in [0, 0.1) is 5.82 Å². The monoisotopic (exact) mass is 397 g/mol. The maximum Gasteiger partial charge on any atom is 0.275 e. The number of rotatable bonds is 3. The van der Waals surface area contributed by atoms with E-state index in [-0.39, 0.29) is 23.0 Å². The zero-order chi connectivity index (χ0) is 20.5. The minimum absolute atomic E-state index is 0.205. The predicted octanol–water partition coefficient (Wildman–Crippen LogP) is 1.44. The molecule has 0 radical (unpaired) electrons. The van der Waals surface area contributed by atoms with Gasteiger partial charge in [-0.15, -0.1) is 0 Å². The number of carbonyl (C=O) groups is 1. The number of hydrogen-bond acceptors (Lipinski definition) is 6. The number of benzene rings is 1. The highest BCUT2D eigenvalue weighted by Gasteiger charge is 2.26. The van der Waals surface area contributed by atoms with Crippen LogP contribution in [0.25, 0.3) is 10.8 Å². The second-order valence-corrected chi connectivity index (χ2v) is 6.83. The van der Waals surface area contributed by atoms with Gasteiger partial charge in [0.15, 0.2) is 5.69 Å². The van der Waals surface area contributed by atoms with E-state index in [1.807, 2.05) is 4.90 Å². The van der Waals surface area contributed by atoms with Crippen LogP contribution in [0.5, 0.6) is 5.75 Å². The first-order valence-corrected chi connectivity index (χ1v) is 9.18. The summed E-state index contributed by atoms with van der Waals surface area (Å²) in [5.74, 6) is -0.173. The summed E-state index contributed by atoms with van der Waals surface area (Å²) < 4.78 is 20.1. The largest absolute Gasteiger partial charge is 0.497 e. The van der Waals surface area contributed by atoms with Gasteiger partial charge in [-0.3, -0.25) is 14.6 Å². The fourth-order valence-corrected chi connectivity index (χ4v) is 3.52. The molecule has 0 spiro atoms. The van der Waals surface area contributed by atoms with Gasteiger partial charge in [0.05, 0.1) is 12.5 Å². The summed E-state index contributed by atoms with van der Waals surface area (Å²) in [5.41, 5.74) is 0.642. The molecule has 3 aromatic rings. The van der Waals surface area contributed by atoms with Gasteiger partial charge in [-0.1, -0.05) is 0 Å². The first kappa shape index (κ1) is 18.9. The maximum absolute atomic E-state index is 13.8. The molecule has 29 heavy (non-hydrogen) atoms. The summed E-state index contributed by atoms with van der Waals surface area (Å²) in [6.07, 6.45) is 3.01. The van der Waals surface area contributed by atoms with Crippen LogP contribution in [-0.4, -0.2) is 58.9 Å². The minimum Gasteiger partial charge on any atom is -0.497 e. The van der Waals surface area contributed by atoms with Gasteiger partial charge in [-0.05, 0) is 12.1 Å². The molecule has 0 bridgehead atoms. The first-order valence-electron chi connectivity index (χ1n) is 9.18. The summed E-state index contributed by atoms with van der Waals surface area (Å²) >= 11 is 0. The molecule has 1 aliphatic heterocycles. The Balaban J connectivity index is 1.56. The van der Waals surface area contributed by atoms with Crippen molar-refractivity contribution in [2.24, 2.45) is 7.05 Å². The van der Waals surface area contributed by atoms with Crippen molar-refractivity contribution in [3.63, 3.8) is 0 Å². The molecule has 1 aromatic carbocycles. The van der Waals surface area contributed by atoms with Crippen molar-refractivity contribution in [3.05, 3.63) is 58.5 Å². The van der Waals surface area contributed by atoms with Crippen LogP contribution in [-0.2, 0) is 7.05 Å². The summed E-state index contributed by atoms with van der Waals surface area (Å²) in [4.78, 5) is 33.1. The minimum atomic E-state index is -0.369. The maximum atomic E-state index is 13.8. The third-order valence-corrected chi connectivity index (χ3v) is 5.08. The number of pyridine rings is 1. The van der Waals surface area contributed by atoms with Gasteiger partial charge in [0.1, 0.15) is 11.6 Å². The van der Waals surface area contributed by atoms with Gasteiger partial charge in [0.2, 0.25) is 0 Å². The van der Waals surface area contributed by atoms with Crippen LogP contribution in [0.4, 0.5) is 10.1 Å². The average Bonchev–Trinajstić information content (AvgIpc) is 2.75. The molecule has 0 atom stereocenters. The molecule has 0 aliphatic carbocycles. The van der Waals surface area contributed by atoms with Crippen LogP contribution < -0.4 is 15.2 Å². The van der Waals surface area contributed by atoms with Crippen molar-refractivity contribution >= 4 is 22.4 Å². The van der Waals surface area contributed by atoms with E-state index in [1.54, 1.807) is 17.0 Å². The van der Waals surface area contributed by atoms with E-state index in [4.69, 9.17) is 4.74 Å². The Bertz CT molecular complexity index is 1140. The number of fused-ring (bicyclic) bond motifs is 1. The van der Waals surface area contributed by atoms with Gasteiger partial charge in [-0.25, -0.2) is 9.07 Å². The number of aryl methyl sites for hydroxylation is 1. The van der Waals surface area contributed by atoms with Crippen LogP contribution in [0.3, 0.4) is 0 Å². The zero-order valence-electron chi connectivity index (χ0n) is 16.1. The Morgan fingerprint density at radius 1 is 1.14 bits per heavy atom. The van der Waals surface area contributed by atoms with Crippen LogP contribution >= 0.6 is 0 Å². The predicted molar refractivity (Wildman–Crippen MR) is 106 cm³/mol. The van der Waals surface area contributed by atoms with Crippen molar-refractivity contribution < 1.29 is 13.9 Å². The first-order chi connectivity index (χ1) is 14.0. The lowest BCUT2D eigenvalue weighted by atomic mass is 10.1. The molecule has 2 aromatic heterocycles. The normalized spacial score (nSPS) is 14.3. The summed E-state index contributed by atoms with van der Waals surface area (Å²) in [6, 6.07) is 6.14. The molecule has 4 rings (SSSR count). The lowest BCUT2D eigenvalue weighted by Crippen LogP contribution is -2.49. The van der Waals surface area contributed by atoms with E-state index in [1.165, 1.54) is 43.4 Å².